The summed E-state index contributed by atoms with van der Waals surface area (Å²) in [6.45, 7) is 5.23. The molecule has 3 nitrogen and oxygen atoms in total. The first-order valence-electron chi connectivity index (χ1n) is 7.34. The van der Waals surface area contributed by atoms with Gasteiger partial charge in [0, 0.05) is 24.0 Å². The van der Waals surface area contributed by atoms with Crippen molar-refractivity contribution in [3.63, 3.8) is 0 Å². The normalized spacial score (nSPS) is 13.7. The minimum Gasteiger partial charge on any atom is -0.339 e. The molecule has 0 bridgehead atoms. The van der Waals surface area contributed by atoms with Crippen molar-refractivity contribution in [1.29, 1.82) is 0 Å². The van der Waals surface area contributed by atoms with E-state index in [1.807, 2.05) is 0 Å². The van der Waals surface area contributed by atoms with Crippen molar-refractivity contribution in [2.45, 2.75) is 20.3 Å². The first-order valence-corrected chi connectivity index (χ1v) is 7.34. The van der Waals surface area contributed by atoms with Crippen LogP contribution in [0, 0.1) is 13.8 Å². The van der Waals surface area contributed by atoms with Crippen LogP contribution in [0.1, 0.15) is 16.8 Å². The van der Waals surface area contributed by atoms with E-state index in [-0.39, 0.29) is 0 Å². The first kappa shape index (κ1) is 12.3. The van der Waals surface area contributed by atoms with Crippen molar-refractivity contribution in [3.8, 4) is 0 Å². The SMILES string of the molecule is Cc1ccccc1N1CCc2nnc3c(C)cccc3c21. The molecule has 0 spiro atoms. The van der Waals surface area contributed by atoms with Crippen LogP contribution in [-0.2, 0) is 6.42 Å². The van der Waals surface area contributed by atoms with Crippen molar-refractivity contribution >= 4 is 22.3 Å². The van der Waals surface area contributed by atoms with Crippen LogP contribution in [0.15, 0.2) is 42.5 Å². The highest BCUT2D eigenvalue weighted by Gasteiger charge is 2.26. The Morgan fingerprint density at radius 1 is 0.905 bits per heavy atom. The van der Waals surface area contributed by atoms with Gasteiger partial charge in [-0.25, -0.2) is 0 Å². The Morgan fingerprint density at radius 3 is 2.57 bits per heavy atom. The third-order valence-electron chi connectivity index (χ3n) is 4.29. The van der Waals surface area contributed by atoms with Gasteiger partial charge in [-0.05, 0) is 31.0 Å². The summed E-state index contributed by atoms with van der Waals surface area (Å²) in [6, 6.07) is 14.9. The van der Waals surface area contributed by atoms with Crippen LogP contribution in [-0.4, -0.2) is 16.7 Å². The zero-order chi connectivity index (χ0) is 14.4. The minimum atomic E-state index is 0.959. The molecule has 2 aromatic carbocycles. The zero-order valence-electron chi connectivity index (χ0n) is 12.3. The van der Waals surface area contributed by atoms with E-state index in [9.17, 15) is 0 Å². The molecule has 21 heavy (non-hydrogen) atoms. The van der Waals surface area contributed by atoms with E-state index in [2.05, 4.69) is 71.4 Å². The third-order valence-corrected chi connectivity index (χ3v) is 4.29. The molecule has 0 aliphatic carbocycles. The zero-order valence-corrected chi connectivity index (χ0v) is 12.3. The molecule has 0 saturated heterocycles. The smallest absolute Gasteiger partial charge is 0.0979 e. The number of anilines is 2. The molecule has 0 atom stereocenters. The fraction of sp³-hybridized carbons (Fsp3) is 0.222. The molecule has 0 saturated carbocycles. The van der Waals surface area contributed by atoms with E-state index in [4.69, 9.17) is 0 Å². The predicted molar refractivity (Wildman–Crippen MR) is 86.2 cm³/mol. The molecule has 0 N–H and O–H groups in total. The minimum absolute atomic E-state index is 0.959. The van der Waals surface area contributed by atoms with E-state index in [1.165, 1.54) is 27.9 Å². The maximum absolute atomic E-state index is 4.46. The maximum atomic E-state index is 4.46. The van der Waals surface area contributed by atoms with Crippen LogP contribution in [0.4, 0.5) is 11.4 Å². The highest BCUT2D eigenvalue weighted by Crippen LogP contribution is 2.39. The topological polar surface area (TPSA) is 29.0 Å². The Morgan fingerprint density at radius 2 is 1.71 bits per heavy atom. The second-order valence-corrected chi connectivity index (χ2v) is 5.65. The van der Waals surface area contributed by atoms with Gasteiger partial charge in [-0.1, -0.05) is 36.4 Å². The quantitative estimate of drug-likeness (QED) is 0.673. The van der Waals surface area contributed by atoms with Crippen LogP contribution in [0.25, 0.3) is 10.9 Å². The van der Waals surface area contributed by atoms with Gasteiger partial charge < -0.3 is 4.90 Å². The molecule has 1 aromatic heterocycles. The van der Waals surface area contributed by atoms with E-state index in [0.717, 1.165) is 24.2 Å². The molecule has 104 valence electrons. The lowest BCUT2D eigenvalue weighted by atomic mass is 10.1. The summed E-state index contributed by atoms with van der Waals surface area (Å²) < 4.78 is 0. The molecule has 3 heteroatoms. The van der Waals surface area contributed by atoms with Crippen molar-refractivity contribution in [2.24, 2.45) is 0 Å². The molecule has 3 aromatic rings. The van der Waals surface area contributed by atoms with Gasteiger partial charge in [-0.15, -0.1) is 5.10 Å². The fourth-order valence-corrected chi connectivity index (χ4v) is 3.20. The number of hydrogen-bond donors (Lipinski definition) is 0. The van der Waals surface area contributed by atoms with E-state index >= 15 is 0 Å². The van der Waals surface area contributed by atoms with Gasteiger partial charge in [0.1, 0.15) is 0 Å². The molecule has 0 radical (unpaired) electrons. The number of rotatable bonds is 1. The average Bonchev–Trinajstić information content (AvgIpc) is 2.92. The second kappa shape index (κ2) is 4.55. The Labute approximate surface area is 124 Å². The van der Waals surface area contributed by atoms with E-state index < -0.39 is 0 Å². The predicted octanol–water partition coefficient (Wildman–Crippen LogP) is 3.94. The van der Waals surface area contributed by atoms with Gasteiger partial charge in [0.15, 0.2) is 0 Å². The fourth-order valence-electron chi connectivity index (χ4n) is 3.20. The lowest BCUT2D eigenvalue weighted by Gasteiger charge is -2.22. The molecule has 4 rings (SSSR count). The first-order chi connectivity index (χ1) is 10.3. The number of nitrogens with zero attached hydrogens (tertiary/aromatic N) is 3. The van der Waals surface area contributed by atoms with Crippen molar-refractivity contribution in [3.05, 3.63) is 59.3 Å². The van der Waals surface area contributed by atoms with Crippen LogP contribution in [0.2, 0.25) is 0 Å². The van der Waals surface area contributed by atoms with E-state index in [0.29, 0.717) is 0 Å². The Balaban J connectivity index is 1.99. The van der Waals surface area contributed by atoms with E-state index in [1.54, 1.807) is 0 Å². The standard InChI is InChI=1S/C18H17N3/c1-12-6-3-4-9-16(12)21-11-10-15-18(21)14-8-5-7-13(2)17(14)20-19-15/h3-9H,10-11H2,1-2H3. The highest BCUT2D eigenvalue weighted by atomic mass is 15.2. The van der Waals surface area contributed by atoms with Gasteiger partial charge in [0.25, 0.3) is 0 Å². The number of fused-ring (bicyclic) bond motifs is 3. The Hall–Kier alpha value is -2.42. The van der Waals surface area contributed by atoms with Gasteiger partial charge in [-0.3, -0.25) is 0 Å². The van der Waals surface area contributed by atoms with Crippen molar-refractivity contribution < 1.29 is 0 Å². The Kier molecular flexibility index (Phi) is 2.67. The number of para-hydroxylation sites is 1. The van der Waals surface area contributed by atoms with Crippen LogP contribution in [0.3, 0.4) is 0 Å². The summed E-state index contributed by atoms with van der Waals surface area (Å²) in [5.74, 6) is 0. The summed E-state index contributed by atoms with van der Waals surface area (Å²) in [7, 11) is 0. The molecule has 0 unspecified atom stereocenters. The summed E-state index contributed by atoms with van der Waals surface area (Å²) in [6.07, 6.45) is 0.959. The monoisotopic (exact) mass is 275 g/mol. The van der Waals surface area contributed by atoms with Crippen molar-refractivity contribution in [1.82, 2.24) is 10.2 Å². The van der Waals surface area contributed by atoms with Crippen LogP contribution in [0.5, 0.6) is 0 Å². The molecule has 1 aliphatic heterocycles. The number of benzene rings is 2. The largest absolute Gasteiger partial charge is 0.339 e. The lowest BCUT2D eigenvalue weighted by Crippen LogP contribution is -2.14. The number of hydrogen-bond acceptors (Lipinski definition) is 3. The highest BCUT2D eigenvalue weighted by molar-refractivity contribution is 5.97. The number of aryl methyl sites for hydroxylation is 2. The molecular weight excluding hydrogens is 258 g/mol. The average molecular weight is 275 g/mol. The summed E-state index contributed by atoms with van der Waals surface area (Å²) in [4.78, 5) is 2.39. The van der Waals surface area contributed by atoms with Crippen LogP contribution < -0.4 is 4.90 Å². The molecule has 2 heterocycles. The lowest BCUT2D eigenvalue weighted by molar-refractivity contribution is 0.936. The second-order valence-electron chi connectivity index (χ2n) is 5.65. The van der Waals surface area contributed by atoms with Gasteiger partial charge in [0.2, 0.25) is 0 Å². The van der Waals surface area contributed by atoms with Gasteiger partial charge in [-0.2, -0.15) is 5.10 Å². The van der Waals surface area contributed by atoms with Gasteiger partial charge in [0.05, 0.1) is 16.9 Å². The summed E-state index contributed by atoms with van der Waals surface area (Å²) >= 11 is 0. The van der Waals surface area contributed by atoms with Gasteiger partial charge >= 0.3 is 0 Å². The van der Waals surface area contributed by atoms with Crippen LogP contribution >= 0.6 is 0 Å². The molecular formula is C18H17N3. The molecule has 0 amide bonds. The summed E-state index contributed by atoms with van der Waals surface area (Å²) in [5, 5.41) is 10.1. The third kappa shape index (κ3) is 1.81. The summed E-state index contributed by atoms with van der Waals surface area (Å²) in [5.41, 5.74) is 7.10. The maximum Gasteiger partial charge on any atom is 0.0979 e. The molecule has 0 fully saturated rings. The Bertz CT molecular complexity index is 839. The van der Waals surface area contributed by atoms with Crippen molar-refractivity contribution in [2.75, 3.05) is 11.4 Å². The molecule has 1 aliphatic rings. The number of aromatic nitrogens is 2.